The number of rotatable bonds is 3. The Morgan fingerprint density at radius 1 is 1.12 bits per heavy atom. The van der Waals surface area contributed by atoms with Gasteiger partial charge in [-0.05, 0) is 48.7 Å². The van der Waals surface area contributed by atoms with Crippen molar-refractivity contribution in [1.29, 1.82) is 0 Å². The maximum atomic E-state index is 12.4. The Morgan fingerprint density at radius 3 is 2.64 bits per heavy atom. The predicted molar refractivity (Wildman–Crippen MR) is 102 cm³/mol. The van der Waals surface area contributed by atoms with Crippen LogP contribution in [0.25, 0.3) is 0 Å². The summed E-state index contributed by atoms with van der Waals surface area (Å²) in [5.41, 5.74) is 3.07. The maximum absolute atomic E-state index is 12.4. The zero-order valence-corrected chi connectivity index (χ0v) is 15.3. The lowest BCUT2D eigenvalue weighted by Gasteiger charge is -2.29. The minimum atomic E-state index is -0.275. The number of hydrogen-bond donors (Lipinski definition) is 1. The maximum Gasteiger partial charge on any atom is 0.255 e. The monoisotopic (exact) mass is 376 g/mol. The van der Waals surface area contributed by atoms with E-state index in [4.69, 9.17) is 23.2 Å². The van der Waals surface area contributed by atoms with Crippen molar-refractivity contribution >= 4 is 46.4 Å². The molecule has 1 aliphatic rings. The van der Waals surface area contributed by atoms with Crippen molar-refractivity contribution < 1.29 is 9.59 Å². The van der Waals surface area contributed by atoms with Crippen LogP contribution >= 0.6 is 23.2 Å². The first-order chi connectivity index (χ1) is 12.0. The summed E-state index contributed by atoms with van der Waals surface area (Å²) in [6.45, 7) is 2.57. The molecule has 0 saturated carbocycles. The van der Waals surface area contributed by atoms with Crippen LogP contribution in [0, 0.1) is 0 Å². The van der Waals surface area contributed by atoms with Gasteiger partial charge in [-0.25, -0.2) is 0 Å². The summed E-state index contributed by atoms with van der Waals surface area (Å²) >= 11 is 11.9. The van der Waals surface area contributed by atoms with Gasteiger partial charge in [0.1, 0.15) is 0 Å². The standard InChI is InChI=1S/C19H18Cl2N2O2/c1-2-18(24)23-9-3-4-12-5-7-14(11-17(12)23)22-19(25)13-6-8-15(20)16(21)10-13/h5-8,10-11H,2-4,9H2,1H3,(H,22,25). The van der Waals surface area contributed by atoms with Crippen molar-refractivity contribution in [3.63, 3.8) is 0 Å². The summed E-state index contributed by atoms with van der Waals surface area (Å²) in [4.78, 5) is 26.4. The van der Waals surface area contributed by atoms with Crippen LogP contribution in [0.2, 0.25) is 10.0 Å². The number of nitrogens with zero attached hydrogens (tertiary/aromatic N) is 1. The Balaban J connectivity index is 1.85. The van der Waals surface area contributed by atoms with Gasteiger partial charge >= 0.3 is 0 Å². The average molecular weight is 377 g/mol. The van der Waals surface area contributed by atoms with Crippen molar-refractivity contribution in [1.82, 2.24) is 0 Å². The Morgan fingerprint density at radius 2 is 1.92 bits per heavy atom. The first-order valence-electron chi connectivity index (χ1n) is 8.19. The second-order valence-corrected chi connectivity index (χ2v) is 6.74. The van der Waals surface area contributed by atoms with E-state index in [1.807, 2.05) is 25.1 Å². The van der Waals surface area contributed by atoms with Crippen molar-refractivity contribution in [3.8, 4) is 0 Å². The van der Waals surface area contributed by atoms with E-state index < -0.39 is 0 Å². The molecule has 1 heterocycles. The topological polar surface area (TPSA) is 49.4 Å². The van der Waals surface area contributed by atoms with E-state index >= 15 is 0 Å². The fraction of sp³-hybridized carbons (Fsp3) is 0.263. The number of anilines is 2. The van der Waals surface area contributed by atoms with Crippen molar-refractivity contribution in [2.45, 2.75) is 26.2 Å². The molecular formula is C19H18Cl2N2O2. The molecule has 1 N–H and O–H groups in total. The molecule has 0 saturated heterocycles. The van der Waals surface area contributed by atoms with Crippen LogP contribution in [-0.2, 0) is 11.2 Å². The second kappa shape index (κ2) is 7.46. The van der Waals surface area contributed by atoms with Crippen molar-refractivity contribution in [3.05, 3.63) is 57.6 Å². The minimum absolute atomic E-state index is 0.0916. The van der Waals surface area contributed by atoms with Gasteiger partial charge in [-0.1, -0.05) is 36.2 Å². The molecule has 0 radical (unpaired) electrons. The number of carbonyl (C=O) groups excluding carboxylic acids is 2. The van der Waals surface area contributed by atoms with E-state index in [2.05, 4.69) is 5.32 Å². The highest BCUT2D eigenvalue weighted by atomic mass is 35.5. The van der Waals surface area contributed by atoms with Crippen molar-refractivity contribution in [2.24, 2.45) is 0 Å². The molecule has 4 nitrogen and oxygen atoms in total. The SMILES string of the molecule is CCC(=O)N1CCCc2ccc(NC(=O)c3ccc(Cl)c(Cl)c3)cc21. The summed E-state index contributed by atoms with van der Waals surface area (Å²) in [5, 5.41) is 3.59. The predicted octanol–water partition coefficient (Wildman–Crippen LogP) is 4.93. The van der Waals surface area contributed by atoms with Crippen LogP contribution in [0.5, 0.6) is 0 Å². The summed E-state index contributed by atoms with van der Waals surface area (Å²) in [6.07, 6.45) is 2.34. The molecule has 2 aromatic carbocycles. The molecule has 0 unspecified atom stereocenters. The summed E-state index contributed by atoms with van der Waals surface area (Å²) in [7, 11) is 0. The van der Waals surface area contributed by atoms with Gasteiger partial charge < -0.3 is 10.2 Å². The van der Waals surface area contributed by atoms with Gasteiger partial charge in [-0.2, -0.15) is 0 Å². The lowest BCUT2D eigenvalue weighted by atomic mass is 10.0. The quantitative estimate of drug-likeness (QED) is 0.824. The van der Waals surface area contributed by atoms with Crippen LogP contribution < -0.4 is 10.2 Å². The molecule has 2 aromatic rings. The highest BCUT2D eigenvalue weighted by Gasteiger charge is 2.22. The van der Waals surface area contributed by atoms with E-state index in [-0.39, 0.29) is 11.8 Å². The van der Waals surface area contributed by atoms with Crippen LogP contribution in [0.4, 0.5) is 11.4 Å². The fourth-order valence-electron chi connectivity index (χ4n) is 2.94. The Kier molecular flexibility index (Phi) is 5.30. The van der Waals surface area contributed by atoms with Crippen molar-refractivity contribution in [2.75, 3.05) is 16.8 Å². The largest absolute Gasteiger partial charge is 0.322 e. The number of hydrogen-bond acceptors (Lipinski definition) is 2. The zero-order valence-electron chi connectivity index (χ0n) is 13.8. The number of aryl methyl sites for hydroxylation is 1. The third-order valence-electron chi connectivity index (χ3n) is 4.25. The summed E-state index contributed by atoms with van der Waals surface area (Å²) in [6, 6.07) is 10.4. The fourth-order valence-corrected chi connectivity index (χ4v) is 3.24. The molecule has 0 bridgehead atoms. The molecule has 0 aromatic heterocycles. The molecular weight excluding hydrogens is 359 g/mol. The van der Waals surface area contributed by atoms with E-state index in [1.165, 1.54) is 6.07 Å². The van der Waals surface area contributed by atoms with Gasteiger partial charge in [0.05, 0.1) is 10.0 Å². The third-order valence-corrected chi connectivity index (χ3v) is 4.99. The van der Waals surface area contributed by atoms with Gasteiger partial charge in [-0.3, -0.25) is 9.59 Å². The van der Waals surface area contributed by atoms with Crippen LogP contribution in [0.1, 0.15) is 35.7 Å². The van der Waals surface area contributed by atoms with Crippen LogP contribution in [-0.4, -0.2) is 18.4 Å². The van der Waals surface area contributed by atoms with Gasteiger partial charge in [0, 0.05) is 29.9 Å². The van der Waals surface area contributed by atoms with E-state index in [0.29, 0.717) is 34.3 Å². The van der Waals surface area contributed by atoms with Gasteiger partial charge in [0.15, 0.2) is 0 Å². The van der Waals surface area contributed by atoms with Crippen LogP contribution in [0.15, 0.2) is 36.4 Å². The first kappa shape index (κ1) is 17.8. The minimum Gasteiger partial charge on any atom is -0.322 e. The molecule has 130 valence electrons. The normalized spacial score (nSPS) is 13.3. The van der Waals surface area contributed by atoms with Gasteiger partial charge in [0.25, 0.3) is 5.91 Å². The third kappa shape index (κ3) is 3.80. The van der Waals surface area contributed by atoms with E-state index in [9.17, 15) is 9.59 Å². The summed E-state index contributed by atoms with van der Waals surface area (Å²) in [5.74, 6) is -0.184. The lowest BCUT2D eigenvalue weighted by Crippen LogP contribution is -2.35. The molecule has 0 atom stereocenters. The highest BCUT2D eigenvalue weighted by Crippen LogP contribution is 2.31. The highest BCUT2D eigenvalue weighted by molar-refractivity contribution is 6.42. The number of nitrogens with one attached hydrogen (secondary N) is 1. The Hall–Kier alpha value is -2.04. The number of carbonyl (C=O) groups is 2. The van der Waals surface area contributed by atoms with Crippen LogP contribution in [0.3, 0.4) is 0 Å². The Bertz CT molecular complexity index is 836. The van der Waals surface area contributed by atoms with Gasteiger partial charge in [-0.15, -0.1) is 0 Å². The number of halogens is 2. The number of benzene rings is 2. The lowest BCUT2D eigenvalue weighted by molar-refractivity contribution is -0.118. The smallest absolute Gasteiger partial charge is 0.255 e. The van der Waals surface area contributed by atoms with Gasteiger partial charge in [0.2, 0.25) is 5.91 Å². The number of fused-ring (bicyclic) bond motifs is 1. The number of amides is 2. The summed E-state index contributed by atoms with van der Waals surface area (Å²) < 4.78 is 0. The van der Waals surface area contributed by atoms with E-state index in [0.717, 1.165) is 24.1 Å². The second-order valence-electron chi connectivity index (χ2n) is 5.93. The molecule has 0 aliphatic carbocycles. The first-order valence-corrected chi connectivity index (χ1v) is 8.95. The molecule has 25 heavy (non-hydrogen) atoms. The zero-order chi connectivity index (χ0) is 18.0. The molecule has 3 rings (SSSR count). The average Bonchev–Trinajstić information content (AvgIpc) is 2.62. The molecule has 1 aliphatic heterocycles. The van der Waals surface area contributed by atoms with E-state index in [1.54, 1.807) is 17.0 Å². The molecule has 6 heteroatoms. The molecule has 0 fully saturated rings. The molecule has 2 amide bonds. The Labute approximate surface area is 156 Å². The molecule has 0 spiro atoms.